The van der Waals surface area contributed by atoms with Crippen molar-refractivity contribution in [3.05, 3.63) is 10.0 Å². The van der Waals surface area contributed by atoms with Crippen LogP contribution in [0.25, 0.3) is 0 Å². The van der Waals surface area contributed by atoms with Crippen LogP contribution in [-0.4, -0.2) is 34.1 Å². The number of hydrogen-bond donors (Lipinski definition) is 1. The van der Waals surface area contributed by atoms with Crippen LogP contribution in [0.15, 0.2) is 0 Å². The summed E-state index contributed by atoms with van der Waals surface area (Å²) in [6.45, 7) is 6.56. The van der Waals surface area contributed by atoms with Crippen LogP contribution in [0.3, 0.4) is 0 Å². The van der Waals surface area contributed by atoms with Gasteiger partial charge in [-0.25, -0.2) is 0 Å². The van der Waals surface area contributed by atoms with E-state index in [1.54, 1.807) is 11.3 Å². The molecular weight excluding hydrogens is 236 g/mol. The Labute approximate surface area is 105 Å². The molecule has 1 aliphatic rings. The van der Waals surface area contributed by atoms with Crippen LogP contribution in [0, 0.1) is 12.3 Å². The molecule has 0 radical (unpaired) electrons. The van der Waals surface area contributed by atoms with E-state index < -0.39 is 0 Å². The summed E-state index contributed by atoms with van der Waals surface area (Å²) in [6, 6.07) is 0. The Morgan fingerprint density at radius 1 is 1.47 bits per heavy atom. The molecule has 1 aliphatic heterocycles. The molecule has 1 aromatic heterocycles. The molecule has 0 aliphatic carbocycles. The Kier molecular flexibility index (Phi) is 3.44. The van der Waals surface area contributed by atoms with E-state index in [9.17, 15) is 4.79 Å². The molecule has 0 atom stereocenters. The van der Waals surface area contributed by atoms with Crippen molar-refractivity contribution in [3.8, 4) is 0 Å². The van der Waals surface area contributed by atoms with E-state index in [1.807, 2.05) is 13.8 Å². The van der Waals surface area contributed by atoms with Crippen molar-refractivity contribution in [2.45, 2.75) is 33.2 Å². The molecule has 1 fully saturated rings. The average molecular weight is 254 g/mol. The lowest BCUT2D eigenvalue weighted by Crippen LogP contribution is -2.45. The minimum Gasteiger partial charge on any atom is -0.369 e. The third-order valence-corrected chi connectivity index (χ3v) is 4.30. The minimum absolute atomic E-state index is 0.177. The van der Waals surface area contributed by atoms with Gasteiger partial charge in [0, 0.05) is 5.41 Å². The molecule has 2 N–H and O–H groups in total. The summed E-state index contributed by atoms with van der Waals surface area (Å²) in [5.74, 6) is -0.177. The standard InChI is InChI=1S/C11H18N4OS/c1-8-13-14-9(17-8)7-15-5-3-11(2,4-6-15)10(12)16/h3-7H2,1-2H3,(H2,12,16). The maximum atomic E-state index is 11.3. The fraction of sp³-hybridized carbons (Fsp3) is 0.727. The molecule has 17 heavy (non-hydrogen) atoms. The number of aryl methyl sites for hydroxylation is 1. The number of amides is 1. The monoisotopic (exact) mass is 254 g/mol. The second-order valence-electron chi connectivity index (χ2n) is 4.92. The number of carbonyl (C=O) groups is 1. The Morgan fingerprint density at radius 2 is 2.12 bits per heavy atom. The number of rotatable bonds is 3. The van der Waals surface area contributed by atoms with Gasteiger partial charge < -0.3 is 5.73 Å². The largest absolute Gasteiger partial charge is 0.369 e. The van der Waals surface area contributed by atoms with Crippen molar-refractivity contribution in [1.82, 2.24) is 15.1 Å². The molecular formula is C11H18N4OS. The van der Waals surface area contributed by atoms with Gasteiger partial charge in [-0.3, -0.25) is 9.69 Å². The first kappa shape index (κ1) is 12.4. The van der Waals surface area contributed by atoms with E-state index >= 15 is 0 Å². The Balaban J connectivity index is 1.89. The first-order chi connectivity index (χ1) is 7.99. The number of nitrogens with zero attached hydrogens (tertiary/aromatic N) is 3. The Hall–Kier alpha value is -1.01. The third kappa shape index (κ3) is 2.81. The number of aromatic nitrogens is 2. The van der Waals surface area contributed by atoms with Crippen LogP contribution in [0.1, 0.15) is 29.8 Å². The molecule has 1 aromatic rings. The van der Waals surface area contributed by atoms with Gasteiger partial charge >= 0.3 is 0 Å². The summed E-state index contributed by atoms with van der Waals surface area (Å²) in [4.78, 5) is 13.6. The average Bonchev–Trinajstić information content (AvgIpc) is 2.67. The van der Waals surface area contributed by atoms with Crippen molar-refractivity contribution in [2.75, 3.05) is 13.1 Å². The Morgan fingerprint density at radius 3 is 2.59 bits per heavy atom. The third-order valence-electron chi connectivity index (χ3n) is 3.48. The lowest BCUT2D eigenvalue weighted by molar-refractivity contribution is -0.129. The first-order valence-corrected chi connectivity index (χ1v) is 6.62. The van der Waals surface area contributed by atoms with Crippen molar-refractivity contribution in [1.29, 1.82) is 0 Å². The fourth-order valence-electron chi connectivity index (χ4n) is 2.04. The smallest absolute Gasteiger partial charge is 0.223 e. The van der Waals surface area contributed by atoms with E-state index in [4.69, 9.17) is 5.73 Å². The highest BCUT2D eigenvalue weighted by Gasteiger charge is 2.35. The van der Waals surface area contributed by atoms with Crippen LogP contribution in [0.2, 0.25) is 0 Å². The van der Waals surface area contributed by atoms with Gasteiger partial charge in [-0.05, 0) is 32.9 Å². The van der Waals surface area contributed by atoms with Crippen molar-refractivity contribution in [3.63, 3.8) is 0 Å². The first-order valence-electron chi connectivity index (χ1n) is 5.81. The SMILES string of the molecule is Cc1nnc(CN2CCC(C)(C(N)=O)CC2)s1. The van der Waals surface area contributed by atoms with E-state index in [2.05, 4.69) is 15.1 Å². The Bertz CT molecular complexity index is 409. The number of hydrogen-bond acceptors (Lipinski definition) is 5. The van der Waals surface area contributed by atoms with Gasteiger partial charge in [-0.2, -0.15) is 0 Å². The number of likely N-dealkylation sites (tertiary alicyclic amines) is 1. The summed E-state index contributed by atoms with van der Waals surface area (Å²) in [6.07, 6.45) is 1.67. The topological polar surface area (TPSA) is 72.1 Å². The van der Waals surface area contributed by atoms with Gasteiger partial charge in [-0.15, -0.1) is 21.5 Å². The van der Waals surface area contributed by atoms with Gasteiger partial charge in [0.2, 0.25) is 5.91 Å². The minimum atomic E-state index is -0.326. The molecule has 1 amide bonds. The maximum Gasteiger partial charge on any atom is 0.223 e. The molecule has 0 spiro atoms. The highest BCUT2D eigenvalue weighted by atomic mass is 32.1. The molecule has 2 rings (SSSR count). The number of carbonyl (C=O) groups excluding carboxylic acids is 1. The molecule has 0 aromatic carbocycles. The molecule has 2 heterocycles. The molecule has 0 bridgehead atoms. The highest BCUT2D eigenvalue weighted by Crippen LogP contribution is 2.31. The van der Waals surface area contributed by atoms with Gasteiger partial charge in [-0.1, -0.05) is 6.92 Å². The van der Waals surface area contributed by atoms with E-state index in [1.165, 1.54) is 0 Å². The predicted octanol–water partition coefficient (Wildman–Crippen LogP) is 0.934. The summed E-state index contributed by atoms with van der Waals surface area (Å²) in [7, 11) is 0. The second kappa shape index (κ2) is 4.70. The molecule has 6 heteroatoms. The fourth-order valence-corrected chi connectivity index (χ4v) is 2.80. The zero-order valence-electron chi connectivity index (χ0n) is 10.3. The molecule has 5 nitrogen and oxygen atoms in total. The lowest BCUT2D eigenvalue weighted by atomic mass is 9.80. The van der Waals surface area contributed by atoms with Gasteiger partial charge in [0.15, 0.2) is 0 Å². The summed E-state index contributed by atoms with van der Waals surface area (Å²) < 4.78 is 0. The van der Waals surface area contributed by atoms with E-state index in [0.717, 1.165) is 42.5 Å². The molecule has 0 unspecified atom stereocenters. The summed E-state index contributed by atoms with van der Waals surface area (Å²) >= 11 is 1.63. The van der Waals surface area contributed by atoms with Crippen LogP contribution < -0.4 is 5.73 Å². The van der Waals surface area contributed by atoms with Crippen molar-refractivity contribution < 1.29 is 4.79 Å². The number of nitrogens with two attached hydrogens (primary N) is 1. The number of primary amides is 1. The van der Waals surface area contributed by atoms with Gasteiger partial charge in [0.25, 0.3) is 0 Å². The predicted molar refractivity (Wildman–Crippen MR) is 66.5 cm³/mol. The molecule has 1 saturated heterocycles. The van der Waals surface area contributed by atoms with Gasteiger partial charge in [0.1, 0.15) is 10.0 Å². The normalized spacial score (nSPS) is 20.4. The van der Waals surface area contributed by atoms with E-state index in [-0.39, 0.29) is 11.3 Å². The second-order valence-corrected chi connectivity index (χ2v) is 6.18. The van der Waals surface area contributed by atoms with Crippen LogP contribution >= 0.6 is 11.3 Å². The zero-order valence-corrected chi connectivity index (χ0v) is 11.1. The van der Waals surface area contributed by atoms with Crippen LogP contribution in [0.5, 0.6) is 0 Å². The number of piperidine rings is 1. The quantitative estimate of drug-likeness (QED) is 0.871. The van der Waals surface area contributed by atoms with Crippen LogP contribution in [-0.2, 0) is 11.3 Å². The van der Waals surface area contributed by atoms with Crippen molar-refractivity contribution >= 4 is 17.2 Å². The maximum absolute atomic E-state index is 11.3. The zero-order chi connectivity index (χ0) is 12.5. The lowest BCUT2D eigenvalue weighted by Gasteiger charge is -2.36. The van der Waals surface area contributed by atoms with Crippen molar-refractivity contribution in [2.24, 2.45) is 11.1 Å². The molecule has 94 valence electrons. The summed E-state index contributed by atoms with van der Waals surface area (Å²) in [5, 5.41) is 10.2. The van der Waals surface area contributed by atoms with E-state index in [0.29, 0.717) is 0 Å². The summed E-state index contributed by atoms with van der Waals surface area (Å²) in [5.41, 5.74) is 5.10. The molecule has 0 saturated carbocycles. The van der Waals surface area contributed by atoms with Crippen LogP contribution in [0.4, 0.5) is 0 Å². The highest BCUT2D eigenvalue weighted by molar-refractivity contribution is 7.11. The van der Waals surface area contributed by atoms with Gasteiger partial charge in [0.05, 0.1) is 6.54 Å².